The first-order chi connectivity index (χ1) is 11.1. The number of benzene rings is 1. The Kier molecular flexibility index (Phi) is 5.36. The number of methoxy groups -OCH3 is 1. The molecule has 0 atom stereocenters. The van der Waals surface area contributed by atoms with Gasteiger partial charge in [-0.15, -0.1) is 0 Å². The van der Waals surface area contributed by atoms with E-state index in [0.29, 0.717) is 12.3 Å². The molecule has 1 amide bonds. The molecule has 0 aliphatic carbocycles. The van der Waals surface area contributed by atoms with Crippen molar-refractivity contribution in [3.63, 3.8) is 0 Å². The van der Waals surface area contributed by atoms with Crippen LogP contribution in [0.15, 0.2) is 36.5 Å². The zero-order chi connectivity index (χ0) is 16.8. The minimum Gasteiger partial charge on any atom is -0.493 e. The molecule has 0 bridgehead atoms. The van der Waals surface area contributed by atoms with Gasteiger partial charge in [-0.1, -0.05) is 18.2 Å². The second-order valence-corrected chi connectivity index (χ2v) is 5.33. The molecule has 0 aliphatic heterocycles. The standard InChI is InChI=1S/C17H20N4O2/c1-13(2)20(11-7-10-18)17(22)16-15(23-3)12-21(19-16)14-8-5-4-6-9-14/h4-6,8-9,12-13H,7,11H2,1-3H3. The molecule has 6 heteroatoms. The van der Waals surface area contributed by atoms with Crippen molar-refractivity contribution >= 4 is 5.91 Å². The Morgan fingerprint density at radius 3 is 2.65 bits per heavy atom. The number of nitriles is 1. The van der Waals surface area contributed by atoms with Gasteiger partial charge in [0.05, 0.1) is 31.5 Å². The normalized spacial score (nSPS) is 10.4. The number of para-hydroxylation sites is 1. The van der Waals surface area contributed by atoms with Gasteiger partial charge in [-0.05, 0) is 26.0 Å². The van der Waals surface area contributed by atoms with Crippen molar-refractivity contribution in [3.8, 4) is 17.5 Å². The molecule has 1 aromatic heterocycles. The van der Waals surface area contributed by atoms with E-state index in [4.69, 9.17) is 10.00 Å². The van der Waals surface area contributed by atoms with Gasteiger partial charge in [0.2, 0.25) is 0 Å². The topological polar surface area (TPSA) is 71.2 Å². The van der Waals surface area contributed by atoms with E-state index in [0.717, 1.165) is 5.69 Å². The van der Waals surface area contributed by atoms with Gasteiger partial charge in [-0.25, -0.2) is 4.68 Å². The molecule has 0 N–H and O–H groups in total. The highest BCUT2D eigenvalue weighted by atomic mass is 16.5. The number of nitrogens with zero attached hydrogens (tertiary/aromatic N) is 4. The fourth-order valence-electron chi connectivity index (χ4n) is 2.27. The first-order valence-electron chi connectivity index (χ1n) is 7.45. The minimum absolute atomic E-state index is 0.0255. The summed E-state index contributed by atoms with van der Waals surface area (Å²) in [5.74, 6) is 0.184. The molecule has 1 aromatic carbocycles. The van der Waals surface area contributed by atoms with Crippen molar-refractivity contribution in [2.24, 2.45) is 0 Å². The van der Waals surface area contributed by atoms with Gasteiger partial charge in [0.1, 0.15) is 0 Å². The first-order valence-corrected chi connectivity index (χ1v) is 7.45. The third-order valence-electron chi connectivity index (χ3n) is 3.47. The third-order valence-corrected chi connectivity index (χ3v) is 3.47. The van der Waals surface area contributed by atoms with Gasteiger partial charge in [0.15, 0.2) is 11.4 Å². The monoisotopic (exact) mass is 312 g/mol. The summed E-state index contributed by atoms with van der Waals surface area (Å²) in [4.78, 5) is 14.4. The lowest BCUT2D eigenvalue weighted by Crippen LogP contribution is -2.38. The summed E-state index contributed by atoms with van der Waals surface area (Å²) in [6.45, 7) is 4.19. The number of rotatable bonds is 6. The van der Waals surface area contributed by atoms with E-state index in [9.17, 15) is 4.79 Å². The molecule has 0 saturated heterocycles. The van der Waals surface area contributed by atoms with Crippen molar-refractivity contribution in [1.82, 2.24) is 14.7 Å². The van der Waals surface area contributed by atoms with E-state index in [1.54, 1.807) is 15.8 Å². The quantitative estimate of drug-likeness (QED) is 0.822. The van der Waals surface area contributed by atoms with Crippen molar-refractivity contribution in [3.05, 3.63) is 42.2 Å². The Hall–Kier alpha value is -2.81. The lowest BCUT2D eigenvalue weighted by Gasteiger charge is -2.25. The molecule has 1 heterocycles. The Balaban J connectivity index is 2.36. The molecule has 0 radical (unpaired) electrons. The average Bonchev–Trinajstić information content (AvgIpc) is 3.00. The summed E-state index contributed by atoms with van der Waals surface area (Å²) in [5, 5.41) is 13.2. The summed E-state index contributed by atoms with van der Waals surface area (Å²) in [6.07, 6.45) is 1.97. The van der Waals surface area contributed by atoms with Gasteiger partial charge in [0.25, 0.3) is 5.91 Å². The molecule has 0 fully saturated rings. The van der Waals surface area contributed by atoms with Crippen LogP contribution < -0.4 is 4.74 Å². The van der Waals surface area contributed by atoms with Crippen LogP contribution >= 0.6 is 0 Å². The molecular formula is C17H20N4O2. The van der Waals surface area contributed by atoms with Crippen molar-refractivity contribution in [2.75, 3.05) is 13.7 Å². The highest BCUT2D eigenvalue weighted by Crippen LogP contribution is 2.22. The maximum Gasteiger partial charge on any atom is 0.278 e. The number of carbonyl (C=O) groups is 1. The van der Waals surface area contributed by atoms with Gasteiger partial charge in [-0.2, -0.15) is 10.4 Å². The molecule has 0 spiro atoms. The van der Waals surface area contributed by atoms with E-state index in [2.05, 4.69) is 11.2 Å². The maximum atomic E-state index is 12.8. The first kappa shape index (κ1) is 16.6. The molecule has 0 saturated carbocycles. The number of carbonyl (C=O) groups excluding carboxylic acids is 1. The SMILES string of the molecule is COc1cn(-c2ccccc2)nc1C(=O)N(CCC#N)C(C)C. The highest BCUT2D eigenvalue weighted by molar-refractivity contribution is 5.95. The molecule has 23 heavy (non-hydrogen) atoms. The zero-order valence-corrected chi connectivity index (χ0v) is 13.6. The molecule has 0 aliphatic rings. The highest BCUT2D eigenvalue weighted by Gasteiger charge is 2.25. The predicted molar refractivity (Wildman–Crippen MR) is 86.5 cm³/mol. The van der Waals surface area contributed by atoms with E-state index in [1.807, 2.05) is 44.2 Å². The van der Waals surface area contributed by atoms with Crippen LogP contribution in [-0.4, -0.2) is 40.3 Å². The third kappa shape index (κ3) is 3.69. The largest absolute Gasteiger partial charge is 0.493 e. The summed E-state index contributed by atoms with van der Waals surface area (Å²) in [6, 6.07) is 11.6. The molecule has 6 nitrogen and oxygen atoms in total. The van der Waals surface area contributed by atoms with Gasteiger partial charge >= 0.3 is 0 Å². The van der Waals surface area contributed by atoms with E-state index < -0.39 is 0 Å². The lowest BCUT2D eigenvalue weighted by molar-refractivity contribution is 0.0700. The van der Waals surface area contributed by atoms with Gasteiger partial charge in [0, 0.05) is 12.6 Å². The average molecular weight is 312 g/mol. The van der Waals surface area contributed by atoms with E-state index in [-0.39, 0.29) is 24.1 Å². The summed E-state index contributed by atoms with van der Waals surface area (Å²) >= 11 is 0. The van der Waals surface area contributed by atoms with Crippen LogP contribution in [0.25, 0.3) is 5.69 Å². The number of aromatic nitrogens is 2. The van der Waals surface area contributed by atoms with Crippen molar-refractivity contribution < 1.29 is 9.53 Å². The van der Waals surface area contributed by atoms with Crippen LogP contribution in [-0.2, 0) is 0 Å². The van der Waals surface area contributed by atoms with Crippen LogP contribution in [0, 0.1) is 11.3 Å². The Bertz CT molecular complexity index is 701. The maximum absolute atomic E-state index is 12.8. The van der Waals surface area contributed by atoms with E-state index >= 15 is 0 Å². The summed E-state index contributed by atoms with van der Waals surface area (Å²) in [7, 11) is 1.51. The van der Waals surface area contributed by atoms with Crippen LogP contribution in [0.2, 0.25) is 0 Å². The molecule has 2 rings (SSSR count). The summed E-state index contributed by atoms with van der Waals surface area (Å²) < 4.78 is 6.93. The van der Waals surface area contributed by atoms with Crippen LogP contribution in [0.4, 0.5) is 0 Å². The smallest absolute Gasteiger partial charge is 0.278 e. The van der Waals surface area contributed by atoms with Crippen LogP contribution in [0.3, 0.4) is 0 Å². The molecular weight excluding hydrogens is 292 g/mol. The van der Waals surface area contributed by atoms with Crippen LogP contribution in [0.1, 0.15) is 30.8 Å². The Morgan fingerprint density at radius 1 is 1.39 bits per heavy atom. The van der Waals surface area contributed by atoms with Crippen molar-refractivity contribution in [1.29, 1.82) is 5.26 Å². The van der Waals surface area contributed by atoms with Gasteiger partial charge in [-0.3, -0.25) is 4.79 Å². The second-order valence-electron chi connectivity index (χ2n) is 5.33. The summed E-state index contributed by atoms with van der Waals surface area (Å²) in [5.41, 5.74) is 1.10. The second kappa shape index (κ2) is 7.45. The van der Waals surface area contributed by atoms with Crippen LogP contribution in [0.5, 0.6) is 5.75 Å². The number of ether oxygens (including phenoxy) is 1. The Morgan fingerprint density at radius 2 is 2.09 bits per heavy atom. The fraction of sp³-hybridized carbons (Fsp3) is 0.353. The molecule has 120 valence electrons. The van der Waals surface area contributed by atoms with E-state index in [1.165, 1.54) is 7.11 Å². The number of hydrogen-bond donors (Lipinski definition) is 0. The fourth-order valence-corrected chi connectivity index (χ4v) is 2.27. The number of hydrogen-bond acceptors (Lipinski definition) is 4. The minimum atomic E-state index is -0.234. The predicted octanol–water partition coefficient (Wildman–Crippen LogP) is 2.65. The zero-order valence-electron chi connectivity index (χ0n) is 13.6. The molecule has 0 unspecified atom stereocenters. The number of amides is 1. The van der Waals surface area contributed by atoms with Gasteiger partial charge < -0.3 is 9.64 Å². The Labute approximate surface area is 135 Å². The van der Waals surface area contributed by atoms with Crippen molar-refractivity contribution in [2.45, 2.75) is 26.3 Å². The molecule has 2 aromatic rings. The lowest BCUT2D eigenvalue weighted by atomic mass is 10.2.